The molecule has 0 fully saturated rings. The molecule has 0 aliphatic rings. The molecule has 0 radical (unpaired) electrons. The Morgan fingerprint density at radius 3 is 2.45 bits per heavy atom. The van der Waals surface area contributed by atoms with Crippen molar-refractivity contribution in [1.82, 2.24) is 14.5 Å². The lowest BCUT2D eigenvalue weighted by atomic mass is 10.1. The van der Waals surface area contributed by atoms with Gasteiger partial charge in [-0.15, -0.1) is 0 Å². The first-order chi connectivity index (χ1) is 15.8. The van der Waals surface area contributed by atoms with Gasteiger partial charge in [0.1, 0.15) is 5.82 Å². The van der Waals surface area contributed by atoms with Crippen molar-refractivity contribution in [2.75, 3.05) is 6.54 Å². The van der Waals surface area contributed by atoms with Crippen molar-refractivity contribution < 1.29 is 4.79 Å². The predicted octanol–water partition coefficient (Wildman–Crippen LogP) is 6.22. The first-order valence-corrected chi connectivity index (χ1v) is 11.4. The van der Waals surface area contributed by atoms with Gasteiger partial charge in [-0.2, -0.15) is 0 Å². The van der Waals surface area contributed by atoms with E-state index in [0.29, 0.717) is 33.9 Å². The Bertz CT molecular complexity index is 1410. The summed E-state index contributed by atoms with van der Waals surface area (Å²) in [6.45, 7) is 6.10. The molecule has 1 heterocycles. The lowest BCUT2D eigenvalue weighted by Crippen LogP contribution is -2.37. The molecule has 3 aromatic carbocycles. The fraction of sp³-hybridized carbons (Fsp3) is 0.192. The molecule has 1 unspecified atom stereocenters. The van der Waals surface area contributed by atoms with Crippen LogP contribution in [-0.4, -0.2) is 26.9 Å². The van der Waals surface area contributed by atoms with Crippen LogP contribution < -0.4 is 5.56 Å². The van der Waals surface area contributed by atoms with Crippen molar-refractivity contribution in [3.05, 3.63) is 104 Å². The zero-order valence-electron chi connectivity index (χ0n) is 18.5. The molecule has 0 aliphatic heterocycles. The Morgan fingerprint density at radius 1 is 1.06 bits per heavy atom. The number of nitrogens with zero attached hydrogens (tertiary/aromatic N) is 3. The first-order valence-electron chi connectivity index (χ1n) is 10.7. The zero-order valence-corrected chi connectivity index (χ0v) is 20.1. The van der Waals surface area contributed by atoms with Gasteiger partial charge in [-0.1, -0.05) is 53.5 Å². The molecule has 0 spiro atoms. The number of amides is 1. The topological polar surface area (TPSA) is 55.2 Å². The summed E-state index contributed by atoms with van der Waals surface area (Å²) in [5.41, 5.74) is 2.42. The maximum atomic E-state index is 13.6. The van der Waals surface area contributed by atoms with Crippen molar-refractivity contribution in [2.45, 2.75) is 26.8 Å². The van der Waals surface area contributed by atoms with Crippen LogP contribution in [0.4, 0.5) is 0 Å². The molecule has 0 bridgehead atoms. The van der Waals surface area contributed by atoms with Crippen molar-refractivity contribution in [3.8, 4) is 5.69 Å². The molecular formula is C26H23Cl2N3O2. The van der Waals surface area contributed by atoms with Gasteiger partial charge in [0.15, 0.2) is 0 Å². The molecule has 0 N–H and O–H groups in total. The van der Waals surface area contributed by atoms with Crippen LogP contribution in [0, 0.1) is 6.92 Å². The number of hydrogen-bond donors (Lipinski definition) is 0. The van der Waals surface area contributed by atoms with E-state index in [0.717, 1.165) is 11.3 Å². The normalized spacial score (nSPS) is 12.0. The second-order valence-corrected chi connectivity index (χ2v) is 8.65. The van der Waals surface area contributed by atoms with Crippen molar-refractivity contribution >= 4 is 40.0 Å². The van der Waals surface area contributed by atoms with E-state index in [9.17, 15) is 9.59 Å². The third kappa shape index (κ3) is 4.26. The van der Waals surface area contributed by atoms with Crippen LogP contribution in [0.2, 0.25) is 10.0 Å². The average Bonchev–Trinajstić information content (AvgIpc) is 2.80. The van der Waals surface area contributed by atoms with E-state index in [1.165, 1.54) is 0 Å². The van der Waals surface area contributed by atoms with Gasteiger partial charge in [0.25, 0.3) is 11.5 Å². The molecule has 1 aromatic heterocycles. The molecular weight excluding hydrogens is 457 g/mol. The molecule has 1 atom stereocenters. The third-order valence-electron chi connectivity index (χ3n) is 5.76. The van der Waals surface area contributed by atoms with Gasteiger partial charge in [0, 0.05) is 11.6 Å². The molecule has 0 saturated heterocycles. The molecule has 168 valence electrons. The Balaban J connectivity index is 1.92. The predicted molar refractivity (Wildman–Crippen MR) is 134 cm³/mol. The van der Waals surface area contributed by atoms with E-state index >= 15 is 0 Å². The standard InChI is InChI=1S/C26H23Cl2N3O2/c1-4-30(25(32)19-14-13-18(27)15-21(19)28)17(3)24-29-22-11-7-6-10-20(22)26(33)31(24)23-12-8-5-9-16(23)2/h5-15,17H,4H2,1-3H3. The van der Waals surface area contributed by atoms with Crippen LogP contribution in [0.25, 0.3) is 16.6 Å². The summed E-state index contributed by atoms with van der Waals surface area (Å²) in [5.74, 6) is 0.221. The molecule has 7 heteroatoms. The molecule has 4 rings (SSSR count). The lowest BCUT2D eigenvalue weighted by Gasteiger charge is -2.30. The molecule has 5 nitrogen and oxygen atoms in total. The number of rotatable bonds is 5. The summed E-state index contributed by atoms with van der Waals surface area (Å²) in [7, 11) is 0. The third-order valence-corrected chi connectivity index (χ3v) is 6.31. The van der Waals surface area contributed by atoms with Crippen LogP contribution in [0.1, 0.15) is 41.6 Å². The van der Waals surface area contributed by atoms with Crippen LogP contribution in [0.3, 0.4) is 0 Å². The van der Waals surface area contributed by atoms with Gasteiger partial charge in [0.2, 0.25) is 0 Å². The summed E-state index contributed by atoms with van der Waals surface area (Å²) in [6, 6.07) is 19.2. The SMILES string of the molecule is CCN(C(=O)c1ccc(Cl)cc1Cl)C(C)c1nc2ccccc2c(=O)n1-c1ccccc1C. The maximum Gasteiger partial charge on any atom is 0.266 e. The highest BCUT2D eigenvalue weighted by Gasteiger charge is 2.28. The maximum absolute atomic E-state index is 13.6. The molecule has 1 amide bonds. The minimum Gasteiger partial charge on any atom is -0.329 e. The first kappa shape index (κ1) is 23.0. The zero-order chi connectivity index (χ0) is 23.7. The number of hydrogen-bond acceptors (Lipinski definition) is 3. The van der Waals surface area contributed by atoms with Crippen molar-refractivity contribution in [2.24, 2.45) is 0 Å². The van der Waals surface area contributed by atoms with Crippen LogP contribution in [-0.2, 0) is 0 Å². The Labute approximate surface area is 202 Å². The highest BCUT2D eigenvalue weighted by molar-refractivity contribution is 6.36. The summed E-state index contributed by atoms with van der Waals surface area (Å²) in [4.78, 5) is 33.6. The highest BCUT2D eigenvalue weighted by atomic mass is 35.5. The summed E-state index contributed by atoms with van der Waals surface area (Å²) < 4.78 is 1.61. The lowest BCUT2D eigenvalue weighted by molar-refractivity contribution is 0.0693. The Kier molecular flexibility index (Phi) is 6.54. The number of benzene rings is 3. The number of halogens is 2. The minimum absolute atomic E-state index is 0.176. The van der Waals surface area contributed by atoms with E-state index in [1.807, 2.05) is 63.2 Å². The Hall–Kier alpha value is -3.15. The smallest absolute Gasteiger partial charge is 0.266 e. The summed E-state index contributed by atoms with van der Waals surface area (Å²) in [6.07, 6.45) is 0. The number of carbonyl (C=O) groups is 1. The van der Waals surface area contributed by atoms with Crippen LogP contribution >= 0.6 is 23.2 Å². The number of para-hydroxylation sites is 2. The quantitative estimate of drug-likeness (QED) is 0.341. The van der Waals surface area contributed by atoms with E-state index in [1.54, 1.807) is 33.7 Å². The van der Waals surface area contributed by atoms with E-state index < -0.39 is 6.04 Å². The van der Waals surface area contributed by atoms with Gasteiger partial charge >= 0.3 is 0 Å². The number of aromatic nitrogens is 2. The van der Waals surface area contributed by atoms with Crippen LogP contribution in [0.15, 0.2) is 71.5 Å². The number of fused-ring (bicyclic) bond motifs is 1. The van der Waals surface area contributed by atoms with Gasteiger partial charge in [-0.25, -0.2) is 4.98 Å². The number of carbonyl (C=O) groups excluding carboxylic acids is 1. The van der Waals surface area contributed by atoms with E-state index in [-0.39, 0.29) is 16.5 Å². The summed E-state index contributed by atoms with van der Waals surface area (Å²) >= 11 is 12.3. The second-order valence-electron chi connectivity index (χ2n) is 7.81. The molecule has 0 aliphatic carbocycles. The van der Waals surface area contributed by atoms with Gasteiger partial charge < -0.3 is 4.90 Å². The van der Waals surface area contributed by atoms with E-state index in [2.05, 4.69) is 0 Å². The monoisotopic (exact) mass is 479 g/mol. The minimum atomic E-state index is -0.508. The Morgan fingerprint density at radius 2 is 1.76 bits per heavy atom. The molecule has 33 heavy (non-hydrogen) atoms. The van der Waals surface area contributed by atoms with Crippen LogP contribution in [0.5, 0.6) is 0 Å². The van der Waals surface area contributed by atoms with Gasteiger partial charge in [-0.3, -0.25) is 14.2 Å². The highest BCUT2D eigenvalue weighted by Crippen LogP contribution is 2.28. The molecule has 4 aromatic rings. The number of aryl methyl sites for hydroxylation is 1. The van der Waals surface area contributed by atoms with Crippen molar-refractivity contribution in [3.63, 3.8) is 0 Å². The fourth-order valence-corrected chi connectivity index (χ4v) is 4.52. The van der Waals surface area contributed by atoms with E-state index in [4.69, 9.17) is 28.2 Å². The summed E-state index contributed by atoms with van der Waals surface area (Å²) in [5, 5.41) is 1.25. The average molecular weight is 480 g/mol. The van der Waals surface area contributed by atoms with Gasteiger partial charge in [0.05, 0.1) is 33.2 Å². The van der Waals surface area contributed by atoms with Gasteiger partial charge in [-0.05, 0) is 62.7 Å². The fourth-order valence-electron chi connectivity index (χ4n) is 4.03. The molecule has 0 saturated carbocycles. The van der Waals surface area contributed by atoms with Crippen molar-refractivity contribution in [1.29, 1.82) is 0 Å². The largest absolute Gasteiger partial charge is 0.329 e. The second kappa shape index (κ2) is 9.38.